The molecule has 1 fully saturated rings. The van der Waals surface area contributed by atoms with Crippen LogP contribution in [0.4, 0.5) is 5.82 Å². The third-order valence-electron chi connectivity index (χ3n) is 2.99. The van der Waals surface area contributed by atoms with Crippen LogP contribution in [-0.4, -0.2) is 24.4 Å². The maximum atomic E-state index is 10.7. The quantitative estimate of drug-likeness (QED) is 0.782. The van der Waals surface area contributed by atoms with Gasteiger partial charge in [-0.05, 0) is 47.3 Å². The highest BCUT2D eigenvalue weighted by molar-refractivity contribution is 9.10. The Hall–Kier alpha value is -0.900. The van der Waals surface area contributed by atoms with Crippen molar-refractivity contribution in [1.29, 1.82) is 0 Å². The molecule has 0 aliphatic carbocycles. The number of nitrogens with zero attached hydrogens (tertiary/aromatic N) is 2. The molecular weight excluding hydrogens is 268 g/mol. The number of pyridine rings is 1. The molecule has 0 saturated carbocycles. The zero-order chi connectivity index (χ0) is 11.5. The van der Waals surface area contributed by atoms with Crippen molar-refractivity contribution in [3.8, 4) is 0 Å². The molecule has 1 aliphatic heterocycles. The molecule has 2 rings (SSSR count). The summed E-state index contributed by atoms with van der Waals surface area (Å²) in [5, 5.41) is 0. The Morgan fingerprint density at radius 1 is 1.50 bits per heavy atom. The van der Waals surface area contributed by atoms with E-state index in [9.17, 15) is 4.79 Å². The largest absolute Gasteiger partial charge is 0.356 e. The SMILES string of the molecule is Cc1cnc(N2CCC(C=O)CC2)c(Br)c1. The summed E-state index contributed by atoms with van der Waals surface area (Å²) in [4.78, 5) is 17.4. The molecule has 16 heavy (non-hydrogen) atoms. The van der Waals surface area contributed by atoms with Gasteiger partial charge in [-0.3, -0.25) is 0 Å². The molecular formula is C12H15BrN2O. The molecule has 0 radical (unpaired) electrons. The summed E-state index contributed by atoms with van der Waals surface area (Å²) in [6.07, 6.45) is 4.83. The Bertz CT molecular complexity index is 387. The monoisotopic (exact) mass is 282 g/mol. The Morgan fingerprint density at radius 2 is 2.19 bits per heavy atom. The first kappa shape index (κ1) is 11.6. The minimum atomic E-state index is 0.237. The van der Waals surface area contributed by atoms with Crippen molar-refractivity contribution >= 4 is 28.0 Å². The van der Waals surface area contributed by atoms with Crippen LogP contribution in [0.3, 0.4) is 0 Å². The highest BCUT2D eigenvalue weighted by Crippen LogP contribution is 2.27. The van der Waals surface area contributed by atoms with E-state index < -0.39 is 0 Å². The van der Waals surface area contributed by atoms with E-state index in [4.69, 9.17) is 0 Å². The first-order valence-electron chi connectivity index (χ1n) is 5.53. The summed E-state index contributed by atoms with van der Waals surface area (Å²) in [6, 6.07) is 2.08. The van der Waals surface area contributed by atoms with E-state index in [2.05, 4.69) is 31.9 Å². The van der Waals surface area contributed by atoms with E-state index in [-0.39, 0.29) is 5.92 Å². The summed E-state index contributed by atoms with van der Waals surface area (Å²) in [7, 11) is 0. The first-order chi connectivity index (χ1) is 7.70. The second-order valence-electron chi connectivity index (χ2n) is 4.28. The maximum Gasteiger partial charge on any atom is 0.142 e. The second-order valence-corrected chi connectivity index (χ2v) is 5.13. The van der Waals surface area contributed by atoms with Gasteiger partial charge in [0, 0.05) is 25.2 Å². The number of hydrogen-bond acceptors (Lipinski definition) is 3. The Kier molecular flexibility index (Phi) is 3.59. The van der Waals surface area contributed by atoms with Gasteiger partial charge in [0.25, 0.3) is 0 Å². The highest BCUT2D eigenvalue weighted by atomic mass is 79.9. The molecule has 1 aromatic rings. The van der Waals surface area contributed by atoms with Crippen LogP contribution in [0.2, 0.25) is 0 Å². The van der Waals surface area contributed by atoms with Crippen molar-refractivity contribution in [2.75, 3.05) is 18.0 Å². The van der Waals surface area contributed by atoms with E-state index in [0.29, 0.717) is 0 Å². The van der Waals surface area contributed by atoms with Gasteiger partial charge in [0.2, 0.25) is 0 Å². The van der Waals surface area contributed by atoms with Crippen molar-refractivity contribution in [3.05, 3.63) is 22.3 Å². The van der Waals surface area contributed by atoms with E-state index >= 15 is 0 Å². The number of carbonyl (C=O) groups is 1. The zero-order valence-electron chi connectivity index (χ0n) is 9.32. The lowest BCUT2D eigenvalue weighted by Gasteiger charge is -2.31. The molecule has 1 aromatic heterocycles. The summed E-state index contributed by atoms with van der Waals surface area (Å²) in [5.41, 5.74) is 1.15. The average Bonchev–Trinajstić information content (AvgIpc) is 2.29. The van der Waals surface area contributed by atoms with Crippen LogP contribution < -0.4 is 4.90 Å². The Morgan fingerprint density at radius 3 is 2.75 bits per heavy atom. The van der Waals surface area contributed by atoms with E-state index in [1.807, 2.05) is 13.1 Å². The fourth-order valence-corrected chi connectivity index (χ4v) is 2.72. The normalized spacial score (nSPS) is 17.5. The molecule has 0 amide bonds. The molecule has 2 heterocycles. The smallest absolute Gasteiger partial charge is 0.142 e. The number of hydrogen-bond donors (Lipinski definition) is 0. The standard InChI is InChI=1S/C12H15BrN2O/c1-9-6-11(13)12(14-7-9)15-4-2-10(8-16)3-5-15/h6-8,10H,2-5H2,1H3. The van der Waals surface area contributed by atoms with Gasteiger partial charge >= 0.3 is 0 Å². The number of halogens is 1. The van der Waals surface area contributed by atoms with Crippen molar-refractivity contribution < 1.29 is 4.79 Å². The summed E-state index contributed by atoms with van der Waals surface area (Å²) >= 11 is 3.54. The van der Waals surface area contributed by atoms with Gasteiger partial charge in [0.1, 0.15) is 12.1 Å². The van der Waals surface area contributed by atoms with Crippen LogP contribution >= 0.6 is 15.9 Å². The molecule has 1 saturated heterocycles. The van der Waals surface area contributed by atoms with Gasteiger partial charge < -0.3 is 9.69 Å². The minimum absolute atomic E-state index is 0.237. The molecule has 0 N–H and O–H groups in total. The van der Waals surface area contributed by atoms with Gasteiger partial charge in [-0.15, -0.1) is 0 Å². The van der Waals surface area contributed by atoms with Crippen molar-refractivity contribution in [1.82, 2.24) is 4.98 Å². The number of carbonyl (C=O) groups excluding carboxylic acids is 1. The van der Waals surface area contributed by atoms with Crippen LogP contribution in [0.5, 0.6) is 0 Å². The van der Waals surface area contributed by atoms with Crippen molar-refractivity contribution in [2.24, 2.45) is 5.92 Å². The predicted octanol–water partition coefficient (Wildman–Crippen LogP) is 2.57. The minimum Gasteiger partial charge on any atom is -0.356 e. The van der Waals surface area contributed by atoms with E-state index in [1.54, 1.807) is 0 Å². The van der Waals surface area contributed by atoms with Crippen molar-refractivity contribution in [2.45, 2.75) is 19.8 Å². The molecule has 0 unspecified atom stereocenters. The lowest BCUT2D eigenvalue weighted by atomic mass is 9.99. The fraction of sp³-hybridized carbons (Fsp3) is 0.500. The molecule has 1 aliphatic rings. The molecule has 3 nitrogen and oxygen atoms in total. The van der Waals surface area contributed by atoms with Gasteiger partial charge in [0.05, 0.1) is 4.47 Å². The number of aromatic nitrogens is 1. The van der Waals surface area contributed by atoms with Gasteiger partial charge in [-0.25, -0.2) is 4.98 Å². The zero-order valence-corrected chi connectivity index (χ0v) is 10.9. The van der Waals surface area contributed by atoms with Crippen LogP contribution in [0.15, 0.2) is 16.7 Å². The maximum absolute atomic E-state index is 10.7. The second kappa shape index (κ2) is 4.95. The molecule has 0 aromatic carbocycles. The Labute approximate surface area is 104 Å². The molecule has 0 spiro atoms. The summed E-state index contributed by atoms with van der Waals surface area (Å²) in [6.45, 7) is 3.86. The van der Waals surface area contributed by atoms with E-state index in [1.165, 1.54) is 0 Å². The van der Waals surface area contributed by atoms with E-state index in [0.717, 1.165) is 48.1 Å². The lowest BCUT2D eigenvalue weighted by molar-refractivity contribution is -0.111. The predicted molar refractivity (Wildman–Crippen MR) is 67.7 cm³/mol. The number of aryl methyl sites for hydroxylation is 1. The highest BCUT2D eigenvalue weighted by Gasteiger charge is 2.20. The number of anilines is 1. The lowest BCUT2D eigenvalue weighted by Crippen LogP contribution is -2.34. The summed E-state index contributed by atoms with van der Waals surface area (Å²) in [5.74, 6) is 1.23. The summed E-state index contributed by atoms with van der Waals surface area (Å²) < 4.78 is 1.04. The molecule has 0 atom stereocenters. The van der Waals surface area contributed by atoms with Crippen LogP contribution in [0.25, 0.3) is 0 Å². The Balaban J connectivity index is 2.11. The average molecular weight is 283 g/mol. The van der Waals surface area contributed by atoms with Crippen LogP contribution in [-0.2, 0) is 4.79 Å². The van der Waals surface area contributed by atoms with Crippen LogP contribution in [0.1, 0.15) is 18.4 Å². The third kappa shape index (κ3) is 2.43. The van der Waals surface area contributed by atoms with Gasteiger partial charge in [-0.2, -0.15) is 0 Å². The van der Waals surface area contributed by atoms with Gasteiger partial charge in [-0.1, -0.05) is 0 Å². The molecule has 0 bridgehead atoms. The number of rotatable bonds is 2. The van der Waals surface area contributed by atoms with Gasteiger partial charge in [0.15, 0.2) is 0 Å². The van der Waals surface area contributed by atoms with Crippen molar-refractivity contribution in [3.63, 3.8) is 0 Å². The number of piperidine rings is 1. The van der Waals surface area contributed by atoms with Crippen LogP contribution in [0, 0.1) is 12.8 Å². The fourth-order valence-electron chi connectivity index (χ4n) is 2.01. The first-order valence-corrected chi connectivity index (χ1v) is 6.32. The molecule has 86 valence electrons. The topological polar surface area (TPSA) is 33.2 Å². The third-order valence-corrected chi connectivity index (χ3v) is 3.57. The number of aldehydes is 1. The molecule has 4 heteroatoms.